The van der Waals surface area contributed by atoms with E-state index in [-0.39, 0.29) is 16.9 Å². The lowest BCUT2D eigenvalue weighted by Gasteiger charge is -2.36. The fraction of sp³-hybridized carbons (Fsp3) is 0.526. The Balaban J connectivity index is 1.88. The maximum absolute atomic E-state index is 11.8. The molecule has 0 aromatic heterocycles. The van der Waals surface area contributed by atoms with Crippen LogP contribution in [0.15, 0.2) is 18.2 Å². The molecule has 1 aliphatic heterocycles. The molecular weight excluding hydrogens is 384 g/mol. The molecule has 0 saturated carbocycles. The number of halogens is 1. The smallest absolute Gasteiger partial charge is 0.226 e. The first kappa shape index (κ1) is 21.4. The van der Waals surface area contributed by atoms with Crippen molar-refractivity contribution in [3.8, 4) is 0 Å². The molecule has 0 unspecified atom stereocenters. The van der Waals surface area contributed by atoms with E-state index in [1.165, 1.54) is 0 Å². The number of hydrogen-bond donors (Lipinski definition) is 2. The van der Waals surface area contributed by atoms with Crippen LogP contribution in [0, 0.1) is 0 Å². The number of unbranched alkanes of at least 4 members (excludes halogenated alkanes) is 2. The molecule has 1 heterocycles. The lowest BCUT2D eigenvalue weighted by molar-refractivity contribution is -0.129. The first-order valence-corrected chi connectivity index (χ1v) is 10.1. The summed E-state index contributed by atoms with van der Waals surface area (Å²) in [6.07, 6.45) is 3.44. The average molecular weight is 411 g/mol. The van der Waals surface area contributed by atoms with Crippen molar-refractivity contribution in [2.24, 2.45) is 0 Å². The third-order valence-electron chi connectivity index (χ3n) is 4.53. The standard InChI is InChI=1S/C19H27ClN4O2S/c1-3-4-5-6-18(26)22-19(27)21-15-7-8-17(16(20)13-15)24-11-9-23(10-12-24)14(2)25/h7-8,13H,3-6,9-12H2,1-2H3,(H2,21,22,26,27). The van der Waals surface area contributed by atoms with Gasteiger partial charge in [0.1, 0.15) is 0 Å². The molecule has 148 valence electrons. The van der Waals surface area contributed by atoms with Crippen LogP contribution in [-0.4, -0.2) is 48.0 Å². The molecule has 1 aromatic carbocycles. The van der Waals surface area contributed by atoms with Crippen molar-refractivity contribution in [1.29, 1.82) is 0 Å². The number of amides is 2. The van der Waals surface area contributed by atoms with Crippen molar-refractivity contribution in [2.75, 3.05) is 36.4 Å². The van der Waals surface area contributed by atoms with Gasteiger partial charge in [0.15, 0.2) is 5.11 Å². The topological polar surface area (TPSA) is 64.7 Å². The highest BCUT2D eigenvalue weighted by Crippen LogP contribution is 2.29. The van der Waals surface area contributed by atoms with Gasteiger partial charge in [-0.25, -0.2) is 0 Å². The largest absolute Gasteiger partial charge is 0.367 e. The summed E-state index contributed by atoms with van der Waals surface area (Å²) in [5.74, 6) is 0.0255. The fourth-order valence-electron chi connectivity index (χ4n) is 2.99. The zero-order valence-electron chi connectivity index (χ0n) is 15.9. The number of rotatable bonds is 6. The summed E-state index contributed by atoms with van der Waals surface area (Å²) in [5.41, 5.74) is 1.66. The first-order chi connectivity index (χ1) is 12.9. The molecule has 0 bridgehead atoms. The van der Waals surface area contributed by atoms with E-state index in [0.717, 1.165) is 43.7 Å². The Hall–Kier alpha value is -1.86. The fourth-order valence-corrected chi connectivity index (χ4v) is 3.52. The van der Waals surface area contributed by atoms with Crippen LogP contribution >= 0.6 is 23.8 Å². The van der Waals surface area contributed by atoms with Crippen LogP contribution in [0.2, 0.25) is 5.02 Å². The normalized spacial score (nSPS) is 14.0. The van der Waals surface area contributed by atoms with Gasteiger partial charge in [-0.1, -0.05) is 31.4 Å². The number of nitrogens with one attached hydrogen (secondary N) is 2. The summed E-state index contributed by atoms with van der Waals surface area (Å²) >= 11 is 11.6. The minimum absolute atomic E-state index is 0.0768. The molecule has 27 heavy (non-hydrogen) atoms. The van der Waals surface area contributed by atoms with E-state index in [9.17, 15) is 9.59 Å². The predicted octanol–water partition coefficient (Wildman–Crippen LogP) is 3.40. The Morgan fingerprint density at radius 3 is 2.48 bits per heavy atom. The molecule has 0 spiro atoms. The quantitative estimate of drug-likeness (QED) is 0.555. The monoisotopic (exact) mass is 410 g/mol. The van der Waals surface area contributed by atoms with Crippen LogP contribution in [0.3, 0.4) is 0 Å². The van der Waals surface area contributed by atoms with Gasteiger partial charge in [0.25, 0.3) is 0 Å². The number of thiocarbonyl (C=S) groups is 1. The lowest BCUT2D eigenvalue weighted by atomic mass is 10.2. The summed E-state index contributed by atoms with van der Waals surface area (Å²) in [5, 5.41) is 6.57. The summed E-state index contributed by atoms with van der Waals surface area (Å²) in [7, 11) is 0. The highest BCUT2D eigenvalue weighted by molar-refractivity contribution is 7.80. The minimum Gasteiger partial charge on any atom is -0.367 e. The number of carbonyl (C=O) groups is 2. The van der Waals surface area contributed by atoms with Crippen molar-refractivity contribution in [2.45, 2.75) is 39.5 Å². The first-order valence-electron chi connectivity index (χ1n) is 9.31. The van der Waals surface area contributed by atoms with Crippen LogP contribution in [0.4, 0.5) is 11.4 Å². The lowest BCUT2D eigenvalue weighted by Crippen LogP contribution is -2.48. The van der Waals surface area contributed by atoms with E-state index in [1.807, 2.05) is 17.0 Å². The molecule has 2 N–H and O–H groups in total. The SMILES string of the molecule is CCCCCC(=O)NC(=S)Nc1ccc(N2CCN(C(C)=O)CC2)c(Cl)c1. The second-order valence-corrected chi connectivity index (χ2v) is 7.43. The van der Waals surface area contributed by atoms with Crippen molar-refractivity contribution in [1.82, 2.24) is 10.2 Å². The van der Waals surface area contributed by atoms with Gasteiger partial charge < -0.3 is 20.4 Å². The summed E-state index contributed by atoms with van der Waals surface area (Å²) in [6, 6.07) is 5.61. The van der Waals surface area contributed by atoms with Gasteiger partial charge in [0.05, 0.1) is 10.7 Å². The van der Waals surface area contributed by atoms with E-state index >= 15 is 0 Å². The average Bonchev–Trinajstić information content (AvgIpc) is 2.62. The van der Waals surface area contributed by atoms with Gasteiger partial charge >= 0.3 is 0 Å². The Kier molecular flexibility index (Phi) is 8.31. The van der Waals surface area contributed by atoms with E-state index in [2.05, 4.69) is 22.5 Å². The van der Waals surface area contributed by atoms with Crippen molar-refractivity contribution < 1.29 is 9.59 Å². The zero-order chi connectivity index (χ0) is 19.8. The van der Waals surface area contributed by atoms with Crippen molar-refractivity contribution >= 4 is 52.1 Å². The molecule has 2 rings (SSSR count). The second kappa shape index (κ2) is 10.5. The zero-order valence-corrected chi connectivity index (χ0v) is 17.5. The number of anilines is 2. The Morgan fingerprint density at radius 2 is 1.89 bits per heavy atom. The predicted molar refractivity (Wildman–Crippen MR) is 114 cm³/mol. The maximum Gasteiger partial charge on any atom is 0.226 e. The maximum atomic E-state index is 11.8. The van der Waals surface area contributed by atoms with Gasteiger partial charge in [-0.2, -0.15) is 0 Å². The Bertz CT molecular complexity index is 690. The number of piperazine rings is 1. The molecular formula is C19H27ClN4O2S. The second-order valence-electron chi connectivity index (χ2n) is 6.62. The third-order valence-corrected chi connectivity index (χ3v) is 5.04. The van der Waals surface area contributed by atoms with Crippen LogP contribution in [0.25, 0.3) is 0 Å². The van der Waals surface area contributed by atoms with Gasteiger partial charge in [0.2, 0.25) is 11.8 Å². The number of carbonyl (C=O) groups excluding carboxylic acids is 2. The van der Waals surface area contributed by atoms with Gasteiger partial charge in [-0.15, -0.1) is 0 Å². The number of benzene rings is 1. The van der Waals surface area contributed by atoms with E-state index < -0.39 is 0 Å². The minimum atomic E-state index is -0.0768. The van der Waals surface area contributed by atoms with E-state index in [1.54, 1.807) is 13.0 Å². The highest BCUT2D eigenvalue weighted by atomic mass is 35.5. The molecule has 1 aromatic rings. The number of hydrogen-bond acceptors (Lipinski definition) is 4. The van der Waals surface area contributed by atoms with Crippen LogP contribution in [0.1, 0.15) is 39.5 Å². The van der Waals surface area contributed by atoms with E-state index in [0.29, 0.717) is 24.5 Å². The Labute approximate surface area is 171 Å². The summed E-state index contributed by atoms with van der Waals surface area (Å²) in [6.45, 7) is 6.57. The molecule has 1 fully saturated rings. The molecule has 1 saturated heterocycles. The molecule has 0 atom stereocenters. The van der Waals surface area contributed by atoms with Gasteiger partial charge in [0, 0.05) is 45.2 Å². The van der Waals surface area contributed by atoms with Crippen molar-refractivity contribution in [3.05, 3.63) is 23.2 Å². The van der Waals surface area contributed by atoms with Crippen LogP contribution in [-0.2, 0) is 9.59 Å². The van der Waals surface area contributed by atoms with Gasteiger partial charge in [-0.05, 0) is 36.8 Å². The summed E-state index contributed by atoms with van der Waals surface area (Å²) in [4.78, 5) is 27.3. The van der Waals surface area contributed by atoms with Crippen LogP contribution < -0.4 is 15.5 Å². The van der Waals surface area contributed by atoms with E-state index in [4.69, 9.17) is 23.8 Å². The number of nitrogens with zero attached hydrogens (tertiary/aromatic N) is 2. The molecule has 8 heteroatoms. The highest BCUT2D eigenvalue weighted by Gasteiger charge is 2.20. The Morgan fingerprint density at radius 1 is 1.19 bits per heavy atom. The molecule has 0 radical (unpaired) electrons. The molecule has 0 aliphatic carbocycles. The molecule has 6 nitrogen and oxygen atoms in total. The molecule has 1 aliphatic rings. The van der Waals surface area contributed by atoms with Crippen molar-refractivity contribution in [3.63, 3.8) is 0 Å². The van der Waals surface area contributed by atoms with Crippen LogP contribution in [0.5, 0.6) is 0 Å². The third kappa shape index (κ3) is 6.66. The summed E-state index contributed by atoms with van der Waals surface area (Å²) < 4.78 is 0. The van der Waals surface area contributed by atoms with Gasteiger partial charge in [-0.3, -0.25) is 9.59 Å². The molecule has 2 amide bonds.